The molecule has 1 saturated heterocycles. The third kappa shape index (κ3) is 2.87. The molecule has 5 heteroatoms. The fourth-order valence-corrected chi connectivity index (χ4v) is 3.05. The van der Waals surface area contributed by atoms with Crippen molar-refractivity contribution in [3.8, 4) is 0 Å². The van der Waals surface area contributed by atoms with Gasteiger partial charge in [0.2, 0.25) is 0 Å². The summed E-state index contributed by atoms with van der Waals surface area (Å²) in [6, 6.07) is 5.20. The van der Waals surface area contributed by atoms with Gasteiger partial charge in [0.25, 0.3) is 0 Å². The highest BCUT2D eigenvalue weighted by molar-refractivity contribution is 9.10. The molecule has 1 aromatic rings. The zero-order valence-electron chi connectivity index (χ0n) is 10.1. The van der Waals surface area contributed by atoms with Crippen molar-refractivity contribution in [2.75, 3.05) is 6.54 Å². The quantitative estimate of drug-likeness (QED) is 0.922. The Morgan fingerprint density at radius 2 is 2.33 bits per heavy atom. The average Bonchev–Trinajstić information content (AvgIpc) is 2.65. The van der Waals surface area contributed by atoms with Crippen molar-refractivity contribution in [3.05, 3.63) is 33.3 Å². The molecule has 0 bridgehead atoms. The number of aliphatic carboxylic acids is 1. The fraction of sp³-hybridized carbons (Fsp3) is 0.462. The molecule has 3 nitrogen and oxygen atoms in total. The van der Waals surface area contributed by atoms with Gasteiger partial charge in [-0.25, -0.2) is 0 Å². The van der Waals surface area contributed by atoms with Crippen molar-refractivity contribution in [2.45, 2.75) is 25.9 Å². The standard InChI is InChI=1S/C13H15BrClNO2/c1-8-4-5-16(12(8)13(17)18)7-9-6-10(15)2-3-11(9)14/h2-3,6,8,12H,4-5,7H2,1H3,(H,17,18). The molecule has 1 fully saturated rings. The molecule has 2 unspecified atom stereocenters. The number of halogens is 2. The zero-order chi connectivity index (χ0) is 13.3. The first-order chi connectivity index (χ1) is 8.49. The van der Waals surface area contributed by atoms with Gasteiger partial charge in [0.1, 0.15) is 6.04 Å². The molecule has 0 radical (unpaired) electrons. The van der Waals surface area contributed by atoms with Gasteiger partial charge in [0.15, 0.2) is 0 Å². The van der Waals surface area contributed by atoms with Gasteiger partial charge in [-0.3, -0.25) is 9.69 Å². The summed E-state index contributed by atoms with van der Waals surface area (Å²) >= 11 is 9.45. The normalized spacial score (nSPS) is 24.4. The molecule has 1 aliphatic rings. The number of benzene rings is 1. The van der Waals surface area contributed by atoms with E-state index < -0.39 is 12.0 Å². The lowest BCUT2D eigenvalue weighted by atomic mass is 10.0. The molecule has 1 heterocycles. The highest BCUT2D eigenvalue weighted by Crippen LogP contribution is 2.29. The fourth-order valence-electron chi connectivity index (χ4n) is 2.49. The number of carboxylic acid groups (broad SMARTS) is 1. The summed E-state index contributed by atoms with van der Waals surface area (Å²) < 4.78 is 0.968. The number of hydrogen-bond donors (Lipinski definition) is 1. The Bertz CT molecular complexity index is 466. The minimum atomic E-state index is -0.738. The SMILES string of the molecule is CC1CCN(Cc2cc(Cl)ccc2Br)C1C(=O)O. The van der Waals surface area contributed by atoms with Crippen LogP contribution in [0.1, 0.15) is 18.9 Å². The summed E-state index contributed by atoms with van der Waals surface area (Å²) in [4.78, 5) is 13.3. The lowest BCUT2D eigenvalue weighted by molar-refractivity contribution is -0.143. The monoisotopic (exact) mass is 331 g/mol. The van der Waals surface area contributed by atoms with Gasteiger partial charge in [0.05, 0.1) is 0 Å². The van der Waals surface area contributed by atoms with Gasteiger partial charge >= 0.3 is 5.97 Å². The Labute approximate surface area is 120 Å². The lowest BCUT2D eigenvalue weighted by Gasteiger charge is -2.23. The molecule has 18 heavy (non-hydrogen) atoms. The first-order valence-electron chi connectivity index (χ1n) is 5.90. The summed E-state index contributed by atoms with van der Waals surface area (Å²) in [7, 11) is 0. The molecular weight excluding hydrogens is 318 g/mol. The number of likely N-dealkylation sites (tertiary alicyclic amines) is 1. The average molecular weight is 333 g/mol. The Kier molecular flexibility index (Phi) is 4.30. The van der Waals surface area contributed by atoms with Crippen molar-refractivity contribution in [2.24, 2.45) is 5.92 Å². The van der Waals surface area contributed by atoms with Crippen LogP contribution < -0.4 is 0 Å². The number of nitrogens with zero attached hydrogens (tertiary/aromatic N) is 1. The van der Waals surface area contributed by atoms with E-state index in [-0.39, 0.29) is 5.92 Å². The van der Waals surface area contributed by atoms with Crippen LogP contribution in [0.15, 0.2) is 22.7 Å². The minimum Gasteiger partial charge on any atom is -0.480 e. The van der Waals surface area contributed by atoms with Crippen LogP contribution in [-0.4, -0.2) is 28.6 Å². The zero-order valence-corrected chi connectivity index (χ0v) is 12.4. The highest BCUT2D eigenvalue weighted by atomic mass is 79.9. The largest absolute Gasteiger partial charge is 0.480 e. The van der Waals surface area contributed by atoms with E-state index in [1.165, 1.54) is 0 Å². The predicted octanol–water partition coefficient (Wildman–Crippen LogP) is 3.40. The van der Waals surface area contributed by atoms with Crippen molar-refractivity contribution in [1.29, 1.82) is 0 Å². The highest BCUT2D eigenvalue weighted by Gasteiger charge is 2.36. The van der Waals surface area contributed by atoms with Crippen LogP contribution in [-0.2, 0) is 11.3 Å². The summed E-state index contributed by atoms with van der Waals surface area (Å²) in [5.41, 5.74) is 1.03. The molecule has 2 atom stereocenters. The first kappa shape index (κ1) is 13.8. The van der Waals surface area contributed by atoms with Crippen molar-refractivity contribution in [1.82, 2.24) is 4.90 Å². The van der Waals surface area contributed by atoms with Gasteiger partial charge < -0.3 is 5.11 Å². The maximum absolute atomic E-state index is 11.3. The van der Waals surface area contributed by atoms with Crippen LogP contribution in [0.25, 0.3) is 0 Å². The van der Waals surface area contributed by atoms with E-state index in [2.05, 4.69) is 15.9 Å². The second kappa shape index (κ2) is 5.59. The van der Waals surface area contributed by atoms with E-state index in [0.717, 1.165) is 23.0 Å². The molecule has 1 aromatic carbocycles. The Morgan fingerprint density at radius 1 is 1.61 bits per heavy atom. The molecule has 0 saturated carbocycles. The van der Waals surface area contributed by atoms with Gasteiger partial charge in [-0.1, -0.05) is 34.5 Å². The summed E-state index contributed by atoms with van der Waals surface area (Å²) in [5.74, 6) is -0.543. The van der Waals surface area contributed by atoms with Crippen molar-refractivity contribution >= 4 is 33.5 Å². The second-order valence-electron chi connectivity index (χ2n) is 4.76. The molecule has 2 rings (SSSR count). The molecule has 1 N–H and O–H groups in total. The number of carboxylic acids is 1. The molecule has 0 amide bonds. The molecule has 0 aliphatic carbocycles. The predicted molar refractivity (Wildman–Crippen MR) is 74.8 cm³/mol. The van der Waals surface area contributed by atoms with E-state index in [1.807, 2.05) is 30.0 Å². The lowest BCUT2D eigenvalue weighted by Crippen LogP contribution is -2.38. The van der Waals surface area contributed by atoms with Crippen LogP contribution in [0.3, 0.4) is 0 Å². The van der Waals surface area contributed by atoms with Crippen molar-refractivity contribution < 1.29 is 9.90 Å². The number of carbonyl (C=O) groups is 1. The smallest absolute Gasteiger partial charge is 0.321 e. The summed E-state index contributed by atoms with van der Waals surface area (Å²) in [6.45, 7) is 3.42. The third-order valence-electron chi connectivity index (χ3n) is 3.44. The summed E-state index contributed by atoms with van der Waals surface area (Å²) in [5, 5.41) is 9.95. The molecular formula is C13H15BrClNO2. The molecule has 0 aromatic heterocycles. The van der Waals surface area contributed by atoms with E-state index in [0.29, 0.717) is 11.6 Å². The number of rotatable bonds is 3. The number of hydrogen-bond acceptors (Lipinski definition) is 2. The minimum absolute atomic E-state index is 0.195. The maximum atomic E-state index is 11.3. The van der Waals surface area contributed by atoms with Crippen LogP contribution in [0.5, 0.6) is 0 Å². The van der Waals surface area contributed by atoms with E-state index >= 15 is 0 Å². The molecule has 0 spiro atoms. The topological polar surface area (TPSA) is 40.5 Å². The summed E-state index contributed by atoms with van der Waals surface area (Å²) in [6.07, 6.45) is 0.926. The maximum Gasteiger partial charge on any atom is 0.321 e. The Morgan fingerprint density at radius 3 is 3.00 bits per heavy atom. The van der Waals surface area contributed by atoms with E-state index in [9.17, 15) is 9.90 Å². The van der Waals surface area contributed by atoms with Gasteiger partial charge in [0, 0.05) is 16.0 Å². The first-order valence-corrected chi connectivity index (χ1v) is 7.07. The van der Waals surface area contributed by atoms with E-state index in [1.54, 1.807) is 0 Å². The van der Waals surface area contributed by atoms with Crippen LogP contribution in [0.2, 0.25) is 5.02 Å². The Balaban J connectivity index is 2.18. The van der Waals surface area contributed by atoms with Gasteiger partial charge in [-0.05, 0) is 42.6 Å². The third-order valence-corrected chi connectivity index (χ3v) is 4.45. The van der Waals surface area contributed by atoms with Gasteiger partial charge in [-0.15, -0.1) is 0 Å². The molecule has 98 valence electrons. The second-order valence-corrected chi connectivity index (χ2v) is 6.05. The van der Waals surface area contributed by atoms with Crippen LogP contribution in [0, 0.1) is 5.92 Å². The van der Waals surface area contributed by atoms with E-state index in [4.69, 9.17) is 11.6 Å². The van der Waals surface area contributed by atoms with Crippen LogP contribution in [0.4, 0.5) is 0 Å². The van der Waals surface area contributed by atoms with Gasteiger partial charge in [-0.2, -0.15) is 0 Å². The Hall–Kier alpha value is -0.580. The molecule has 1 aliphatic heterocycles. The van der Waals surface area contributed by atoms with Crippen LogP contribution >= 0.6 is 27.5 Å². The van der Waals surface area contributed by atoms with Crippen molar-refractivity contribution in [3.63, 3.8) is 0 Å².